The molecule has 20 heavy (non-hydrogen) atoms. The number of aliphatic hydroxyl groups is 1. The fourth-order valence-electron chi connectivity index (χ4n) is 2.54. The first-order valence-corrected chi connectivity index (χ1v) is 6.57. The van der Waals surface area contributed by atoms with Gasteiger partial charge in [-0.1, -0.05) is 13.8 Å². The van der Waals surface area contributed by atoms with Crippen LogP contribution in [0.5, 0.6) is 11.5 Å². The zero-order valence-corrected chi connectivity index (χ0v) is 11.5. The van der Waals surface area contributed by atoms with Crippen molar-refractivity contribution in [3.8, 4) is 11.5 Å². The Bertz CT molecular complexity index is 571. The number of nitrogen functional groups attached to an aromatic ring is 1. The third kappa shape index (κ3) is 1.87. The van der Waals surface area contributed by atoms with E-state index >= 15 is 0 Å². The molecular formula is C14H18N2O4. The van der Waals surface area contributed by atoms with Crippen LogP contribution in [0.15, 0.2) is 12.1 Å². The van der Waals surface area contributed by atoms with Crippen molar-refractivity contribution >= 4 is 11.6 Å². The lowest BCUT2D eigenvalue weighted by Crippen LogP contribution is -2.61. The fraction of sp³-hybridized carbons (Fsp3) is 0.500. The summed E-state index contributed by atoms with van der Waals surface area (Å²) in [6.07, 6.45) is 0.172. The van der Waals surface area contributed by atoms with Crippen molar-refractivity contribution in [3.63, 3.8) is 0 Å². The molecule has 1 saturated carbocycles. The second-order valence-corrected chi connectivity index (χ2v) is 5.89. The minimum Gasteiger partial charge on any atom is -0.454 e. The maximum atomic E-state index is 12.3. The minimum atomic E-state index is -0.387. The van der Waals surface area contributed by atoms with Crippen LogP contribution in [0.4, 0.5) is 5.69 Å². The van der Waals surface area contributed by atoms with Crippen molar-refractivity contribution in [3.05, 3.63) is 17.7 Å². The number of fused-ring (bicyclic) bond motifs is 1. The molecule has 1 amide bonds. The van der Waals surface area contributed by atoms with Gasteiger partial charge in [-0.3, -0.25) is 4.79 Å². The summed E-state index contributed by atoms with van der Waals surface area (Å²) in [6, 6.07) is 3.13. The predicted octanol–water partition coefficient (Wildman–Crippen LogP) is 0.887. The van der Waals surface area contributed by atoms with Crippen molar-refractivity contribution in [2.24, 2.45) is 5.41 Å². The van der Waals surface area contributed by atoms with Gasteiger partial charge in [-0.05, 0) is 12.5 Å². The Kier molecular flexibility index (Phi) is 2.79. The van der Waals surface area contributed by atoms with Gasteiger partial charge in [-0.2, -0.15) is 0 Å². The summed E-state index contributed by atoms with van der Waals surface area (Å²) in [5.41, 5.74) is 6.28. The smallest absolute Gasteiger partial charge is 0.253 e. The first kappa shape index (κ1) is 13.1. The summed E-state index contributed by atoms with van der Waals surface area (Å²) < 4.78 is 10.5. The Morgan fingerprint density at radius 3 is 2.65 bits per heavy atom. The van der Waals surface area contributed by atoms with Gasteiger partial charge in [0.15, 0.2) is 11.5 Å². The van der Waals surface area contributed by atoms with E-state index in [9.17, 15) is 9.90 Å². The van der Waals surface area contributed by atoms with Crippen molar-refractivity contribution in [1.82, 2.24) is 5.32 Å². The Morgan fingerprint density at radius 2 is 2.05 bits per heavy atom. The molecule has 2 atom stereocenters. The molecule has 2 aliphatic rings. The molecule has 0 radical (unpaired) electrons. The maximum absolute atomic E-state index is 12.3. The number of nitrogens with two attached hydrogens (primary N) is 1. The van der Waals surface area contributed by atoms with Crippen molar-refractivity contribution in [2.45, 2.75) is 32.4 Å². The number of anilines is 1. The number of benzene rings is 1. The van der Waals surface area contributed by atoms with E-state index in [0.29, 0.717) is 29.2 Å². The van der Waals surface area contributed by atoms with E-state index in [1.807, 2.05) is 13.8 Å². The van der Waals surface area contributed by atoms with Crippen molar-refractivity contribution < 1.29 is 19.4 Å². The number of rotatable bonds is 2. The molecule has 4 N–H and O–H groups in total. The van der Waals surface area contributed by atoms with Crippen LogP contribution in [0.2, 0.25) is 0 Å². The lowest BCUT2D eigenvalue weighted by Gasteiger charge is -2.49. The number of amides is 1. The molecule has 6 nitrogen and oxygen atoms in total. The lowest BCUT2D eigenvalue weighted by molar-refractivity contribution is -0.0689. The molecule has 2 unspecified atom stereocenters. The molecule has 1 fully saturated rings. The van der Waals surface area contributed by atoms with Gasteiger partial charge in [-0.25, -0.2) is 0 Å². The molecule has 6 heteroatoms. The summed E-state index contributed by atoms with van der Waals surface area (Å²) in [5, 5.41) is 12.6. The standard InChI is InChI=1S/C14H18N2O4/c1-14(2)11(5-12(14)17)16-13(18)7-3-9-10(4-8(7)15)20-6-19-9/h3-4,11-12,17H,5-6,15H2,1-2H3,(H,16,18). The summed E-state index contributed by atoms with van der Waals surface area (Å²) in [7, 11) is 0. The van der Waals surface area contributed by atoms with E-state index in [1.54, 1.807) is 12.1 Å². The second-order valence-electron chi connectivity index (χ2n) is 5.89. The van der Waals surface area contributed by atoms with Gasteiger partial charge < -0.3 is 25.6 Å². The van der Waals surface area contributed by atoms with E-state index < -0.39 is 0 Å². The van der Waals surface area contributed by atoms with Gasteiger partial charge in [0, 0.05) is 23.2 Å². The molecule has 1 aromatic carbocycles. The third-order valence-corrected chi connectivity index (χ3v) is 4.31. The largest absolute Gasteiger partial charge is 0.454 e. The third-order valence-electron chi connectivity index (χ3n) is 4.31. The summed E-state index contributed by atoms with van der Waals surface area (Å²) >= 11 is 0. The van der Waals surface area contributed by atoms with E-state index in [2.05, 4.69) is 5.32 Å². The molecule has 0 aromatic heterocycles. The van der Waals surface area contributed by atoms with Gasteiger partial charge in [0.05, 0.1) is 11.7 Å². The van der Waals surface area contributed by atoms with Crippen LogP contribution < -0.4 is 20.5 Å². The van der Waals surface area contributed by atoms with Crippen LogP contribution in [-0.2, 0) is 0 Å². The van der Waals surface area contributed by atoms with E-state index in [4.69, 9.17) is 15.2 Å². The highest BCUT2D eigenvalue weighted by atomic mass is 16.7. The van der Waals surface area contributed by atoms with Crippen LogP contribution in [0.25, 0.3) is 0 Å². The first-order valence-electron chi connectivity index (χ1n) is 6.57. The number of carbonyl (C=O) groups excluding carboxylic acids is 1. The number of hydrogen-bond donors (Lipinski definition) is 3. The van der Waals surface area contributed by atoms with Crippen LogP contribution >= 0.6 is 0 Å². The number of ether oxygens (including phenoxy) is 2. The van der Waals surface area contributed by atoms with Gasteiger partial charge >= 0.3 is 0 Å². The van der Waals surface area contributed by atoms with Crippen molar-refractivity contribution in [2.75, 3.05) is 12.5 Å². The van der Waals surface area contributed by atoms with Gasteiger partial charge in [0.2, 0.25) is 6.79 Å². The molecule has 1 aliphatic heterocycles. The predicted molar refractivity (Wildman–Crippen MR) is 72.6 cm³/mol. The van der Waals surface area contributed by atoms with Crippen molar-refractivity contribution in [1.29, 1.82) is 0 Å². The number of hydrogen-bond acceptors (Lipinski definition) is 5. The van der Waals surface area contributed by atoms with E-state index in [-0.39, 0.29) is 30.3 Å². The van der Waals surface area contributed by atoms with E-state index in [0.717, 1.165) is 0 Å². The highest BCUT2D eigenvalue weighted by Gasteiger charge is 2.48. The number of carbonyl (C=O) groups is 1. The van der Waals surface area contributed by atoms with Gasteiger partial charge in [-0.15, -0.1) is 0 Å². The van der Waals surface area contributed by atoms with Crippen LogP contribution in [0.1, 0.15) is 30.6 Å². The molecule has 1 aliphatic carbocycles. The average Bonchev–Trinajstić information content (AvgIpc) is 2.84. The SMILES string of the molecule is CC1(C)C(O)CC1NC(=O)c1cc2c(cc1N)OCO2. The fourth-order valence-corrected chi connectivity index (χ4v) is 2.54. The van der Waals surface area contributed by atoms with Crippen LogP contribution in [0.3, 0.4) is 0 Å². The molecular weight excluding hydrogens is 260 g/mol. The molecule has 0 bridgehead atoms. The van der Waals surface area contributed by atoms with E-state index in [1.165, 1.54) is 0 Å². The normalized spacial score (nSPS) is 25.9. The number of nitrogens with one attached hydrogen (secondary N) is 1. The lowest BCUT2D eigenvalue weighted by atomic mass is 9.64. The molecule has 0 saturated heterocycles. The quantitative estimate of drug-likeness (QED) is 0.698. The molecule has 108 valence electrons. The van der Waals surface area contributed by atoms with Gasteiger partial charge in [0.25, 0.3) is 5.91 Å². The molecule has 3 rings (SSSR count). The highest BCUT2D eigenvalue weighted by Crippen LogP contribution is 2.41. The average molecular weight is 278 g/mol. The highest BCUT2D eigenvalue weighted by molar-refractivity contribution is 6.00. The Balaban J connectivity index is 1.78. The molecule has 0 spiro atoms. The first-order chi connectivity index (χ1) is 9.39. The number of aliphatic hydroxyl groups excluding tert-OH is 1. The Labute approximate surface area is 116 Å². The van der Waals surface area contributed by atoms with Crippen LogP contribution in [0, 0.1) is 5.41 Å². The Morgan fingerprint density at radius 1 is 1.40 bits per heavy atom. The van der Waals surface area contributed by atoms with Crippen LogP contribution in [-0.4, -0.2) is 30.0 Å². The summed E-state index contributed by atoms with van der Waals surface area (Å²) in [4.78, 5) is 12.3. The summed E-state index contributed by atoms with van der Waals surface area (Å²) in [6.45, 7) is 3.99. The molecule has 1 heterocycles. The zero-order chi connectivity index (χ0) is 14.5. The topological polar surface area (TPSA) is 93.8 Å². The summed E-state index contributed by atoms with van der Waals surface area (Å²) in [5.74, 6) is 0.821. The Hall–Kier alpha value is -1.95. The zero-order valence-electron chi connectivity index (χ0n) is 11.5. The molecule has 1 aromatic rings. The second kappa shape index (κ2) is 4.28. The monoisotopic (exact) mass is 278 g/mol. The minimum absolute atomic E-state index is 0.0603. The maximum Gasteiger partial charge on any atom is 0.253 e. The van der Waals surface area contributed by atoms with Gasteiger partial charge in [0.1, 0.15) is 0 Å².